The van der Waals surface area contributed by atoms with Gasteiger partial charge in [-0.3, -0.25) is 4.79 Å². The lowest BCUT2D eigenvalue weighted by atomic mass is 9.88. The first-order valence-electron chi connectivity index (χ1n) is 6.93. The van der Waals surface area contributed by atoms with Gasteiger partial charge in [0, 0.05) is 0 Å². The third kappa shape index (κ3) is 2.92. The lowest BCUT2D eigenvalue weighted by molar-refractivity contribution is -0.122. The zero-order chi connectivity index (χ0) is 14.7. The summed E-state index contributed by atoms with van der Waals surface area (Å²) in [5.74, 6) is -0.0445. The van der Waals surface area contributed by atoms with Crippen molar-refractivity contribution >= 4 is 5.91 Å². The maximum atomic E-state index is 12.1. The molecule has 0 aliphatic heterocycles. The maximum absolute atomic E-state index is 12.1. The van der Waals surface area contributed by atoms with Crippen LogP contribution in [0.15, 0.2) is 30.6 Å². The summed E-state index contributed by atoms with van der Waals surface area (Å²) in [5, 5.41) is 15.6. The van der Waals surface area contributed by atoms with E-state index in [2.05, 4.69) is 27.5 Å². The van der Waals surface area contributed by atoms with Gasteiger partial charge in [-0.1, -0.05) is 24.3 Å². The maximum Gasteiger partial charge on any atom is 0.252 e. The Morgan fingerprint density at radius 2 is 2.33 bits per heavy atom. The number of hydrogen-bond acceptors (Lipinski definition) is 4. The average Bonchev–Trinajstić information content (AvgIpc) is 2.95. The molecule has 0 fully saturated rings. The summed E-state index contributed by atoms with van der Waals surface area (Å²) in [7, 11) is 0. The monoisotopic (exact) mass is 281 g/mol. The summed E-state index contributed by atoms with van der Waals surface area (Å²) in [6.07, 6.45) is 4.48. The summed E-state index contributed by atoms with van der Waals surface area (Å²) >= 11 is 0. The first-order valence-corrected chi connectivity index (χ1v) is 6.93. The van der Waals surface area contributed by atoms with Crippen molar-refractivity contribution in [2.75, 3.05) is 0 Å². The van der Waals surface area contributed by atoms with Crippen molar-refractivity contribution in [2.24, 2.45) is 0 Å². The molecule has 0 saturated heterocycles. The Balaban J connectivity index is 1.67. The topological polar surface area (TPSA) is 83.6 Å². The highest BCUT2D eigenvalue weighted by atomic mass is 16.2. The summed E-state index contributed by atoms with van der Waals surface area (Å²) in [5.41, 5.74) is 2.51. The standard InChI is InChI=1S/C15H15N5O/c16-8-14-17-10-20(19-14)9-15(21)18-13-7-3-5-11-4-1-2-6-12(11)13/h1-2,4,6,10,13H,3,5,7,9H2,(H,18,21). The highest BCUT2D eigenvalue weighted by Gasteiger charge is 2.21. The fourth-order valence-corrected chi connectivity index (χ4v) is 2.71. The van der Waals surface area contributed by atoms with Gasteiger partial charge < -0.3 is 5.32 Å². The summed E-state index contributed by atoms with van der Waals surface area (Å²) < 4.78 is 1.38. The van der Waals surface area contributed by atoms with Gasteiger partial charge in [-0.15, -0.1) is 5.10 Å². The molecule has 6 nitrogen and oxygen atoms in total. The lowest BCUT2D eigenvalue weighted by Gasteiger charge is -2.26. The molecule has 1 heterocycles. The van der Waals surface area contributed by atoms with E-state index in [9.17, 15) is 4.79 Å². The molecular weight excluding hydrogens is 266 g/mol. The smallest absolute Gasteiger partial charge is 0.252 e. The van der Waals surface area contributed by atoms with Gasteiger partial charge in [-0.2, -0.15) is 5.26 Å². The number of fused-ring (bicyclic) bond motifs is 1. The fourth-order valence-electron chi connectivity index (χ4n) is 2.71. The number of carbonyl (C=O) groups excluding carboxylic acids is 1. The van der Waals surface area contributed by atoms with Crippen LogP contribution in [0.4, 0.5) is 0 Å². The van der Waals surface area contributed by atoms with Crippen LogP contribution in [0.1, 0.15) is 35.8 Å². The van der Waals surface area contributed by atoms with Crippen LogP contribution in [0.2, 0.25) is 0 Å². The molecule has 1 aromatic carbocycles. The second-order valence-corrected chi connectivity index (χ2v) is 5.09. The zero-order valence-electron chi connectivity index (χ0n) is 11.5. The number of nitrogens with zero attached hydrogens (tertiary/aromatic N) is 4. The Bertz CT molecular complexity index is 700. The van der Waals surface area contributed by atoms with Gasteiger partial charge in [0.25, 0.3) is 5.82 Å². The van der Waals surface area contributed by atoms with Gasteiger partial charge in [-0.05, 0) is 30.4 Å². The van der Waals surface area contributed by atoms with E-state index in [0.29, 0.717) is 0 Å². The van der Waals surface area contributed by atoms with Crippen molar-refractivity contribution in [3.05, 3.63) is 47.5 Å². The fraction of sp³-hybridized carbons (Fsp3) is 0.333. The SMILES string of the molecule is N#Cc1ncn(CC(=O)NC2CCCc3ccccc32)n1. The largest absolute Gasteiger partial charge is 0.348 e. The Hall–Kier alpha value is -2.68. The molecule has 1 aliphatic rings. The van der Waals surface area contributed by atoms with Crippen LogP contribution < -0.4 is 5.32 Å². The number of nitriles is 1. The van der Waals surface area contributed by atoms with Gasteiger partial charge in [0.2, 0.25) is 5.91 Å². The Labute approximate surface area is 122 Å². The molecule has 106 valence electrons. The number of aromatic nitrogens is 3. The number of hydrogen-bond donors (Lipinski definition) is 1. The molecule has 21 heavy (non-hydrogen) atoms. The second-order valence-electron chi connectivity index (χ2n) is 5.09. The molecule has 6 heteroatoms. The summed E-state index contributed by atoms with van der Waals surface area (Å²) in [6, 6.07) is 10.1. The predicted molar refractivity (Wildman–Crippen MR) is 75.0 cm³/mol. The number of amides is 1. The highest BCUT2D eigenvalue weighted by Crippen LogP contribution is 2.29. The van der Waals surface area contributed by atoms with E-state index < -0.39 is 0 Å². The van der Waals surface area contributed by atoms with E-state index in [1.54, 1.807) is 0 Å². The molecule has 0 radical (unpaired) electrons. The summed E-state index contributed by atoms with van der Waals surface area (Å²) in [4.78, 5) is 15.9. The van der Waals surface area contributed by atoms with Crippen LogP contribution in [0.25, 0.3) is 0 Å². The quantitative estimate of drug-likeness (QED) is 0.920. The average molecular weight is 281 g/mol. The number of carbonyl (C=O) groups is 1. The summed E-state index contributed by atoms with van der Waals surface area (Å²) in [6.45, 7) is 0.0767. The molecule has 3 rings (SSSR count). The molecule has 1 aliphatic carbocycles. The lowest BCUT2D eigenvalue weighted by Crippen LogP contribution is -2.33. The van der Waals surface area contributed by atoms with Gasteiger partial charge >= 0.3 is 0 Å². The van der Waals surface area contributed by atoms with Crippen molar-refractivity contribution in [3.8, 4) is 6.07 Å². The van der Waals surface area contributed by atoms with E-state index in [0.717, 1.165) is 19.3 Å². The van der Waals surface area contributed by atoms with Crippen LogP contribution in [-0.2, 0) is 17.8 Å². The third-order valence-corrected chi connectivity index (χ3v) is 3.65. The zero-order valence-corrected chi connectivity index (χ0v) is 11.5. The Kier molecular flexibility index (Phi) is 3.65. The van der Waals surface area contributed by atoms with Crippen LogP contribution in [0.5, 0.6) is 0 Å². The van der Waals surface area contributed by atoms with Crippen molar-refractivity contribution in [2.45, 2.75) is 31.8 Å². The first-order chi connectivity index (χ1) is 10.3. The molecule has 0 spiro atoms. The molecule has 1 unspecified atom stereocenters. The van der Waals surface area contributed by atoms with Crippen LogP contribution in [-0.4, -0.2) is 20.7 Å². The molecule has 2 aromatic rings. The minimum absolute atomic E-state index is 0.0569. The highest BCUT2D eigenvalue weighted by molar-refractivity contribution is 5.76. The van der Waals surface area contributed by atoms with Crippen LogP contribution >= 0.6 is 0 Å². The molecule has 1 atom stereocenters. The van der Waals surface area contributed by atoms with Crippen LogP contribution in [0.3, 0.4) is 0 Å². The molecule has 1 aromatic heterocycles. The van der Waals surface area contributed by atoms with Crippen molar-refractivity contribution in [3.63, 3.8) is 0 Å². The van der Waals surface area contributed by atoms with E-state index in [1.165, 1.54) is 22.1 Å². The van der Waals surface area contributed by atoms with Gasteiger partial charge in [-0.25, -0.2) is 9.67 Å². The van der Waals surface area contributed by atoms with E-state index >= 15 is 0 Å². The van der Waals surface area contributed by atoms with E-state index in [-0.39, 0.29) is 24.3 Å². The number of rotatable bonds is 3. The minimum Gasteiger partial charge on any atom is -0.348 e. The number of aryl methyl sites for hydroxylation is 1. The molecule has 0 bridgehead atoms. The Morgan fingerprint density at radius 1 is 1.48 bits per heavy atom. The molecule has 0 saturated carbocycles. The number of benzene rings is 1. The van der Waals surface area contributed by atoms with E-state index in [4.69, 9.17) is 5.26 Å². The van der Waals surface area contributed by atoms with Gasteiger partial charge in [0.15, 0.2) is 0 Å². The van der Waals surface area contributed by atoms with Crippen LogP contribution in [0, 0.1) is 11.3 Å². The Morgan fingerprint density at radius 3 is 3.14 bits per heavy atom. The second kappa shape index (κ2) is 5.75. The predicted octanol–water partition coefficient (Wildman–Crippen LogP) is 1.34. The molecular formula is C15H15N5O. The third-order valence-electron chi connectivity index (χ3n) is 3.65. The number of nitrogens with one attached hydrogen (secondary N) is 1. The van der Waals surface area contributed by atoms with Crippen molar-refractivity contribution in [1.29, 1.82) is 5.26 Å². The normalized spacial score (nSPS) is 16.8. The van der Waals surface area contributed by atoms with Crippen molar-refractivity contribution < 1.29 is 4.79 Å². The van der Waals surface area contributed by atoms with Gasteiger partial charge in [0.1, 0.15) is 18.9 Å². The molecule has 1 N–H and O–H groups in total. The molecule has 1 amide bonds. The first kappa shape index (κ1) is 13.3. The van der Waals surface area contributed by atoms with Crippen molar-refractivity contribution in [1.82, 2.24) is 20.1 Å². The minimum atomic E-state index is -0.119. The van der Waals surface area contributed by atoms with Gasteiger partial charge in [0.05, 0.1) is 6.04 Å². The van der Waals surface area contributed by atoms with E-state index in [1.807, 2.05) is 18.2 Å².